The lowest BCUT2D eigenvalue weighted by Crippen LogP contribution is -2.32. The summed E-state index contributed by atoms with van der Waals surface area (Å²) in [6, 6.07) is 0. The van der Waals surface area contributed by atoms with Crippen LogP contribution in [-0.4, -0.2) is 15.5 Å². The van der Waals surface area contributed by atoms with Gasteiger partial charge in [-0.05, 0) is 26.8 Å². The van der Waals surface area contributed by atoms with E-state index in [-0.39, 0.29) is 11.6 Å². The molecule has 1 rings (SSSR count). The van der Waals surface area contributed by atoms with E-state index in [0.29, 0.717) is 3.92 Å². The van der Waals surface area contributed by atoms with Gasteiger partial charge in [0, 0.05) is 5.57 Å². The van der Waals surface area contributed by atoms with Crippen molar-refractivity contribution in [1.82, 2.24) is 0 Å². The molecule has 0 unspecified atom stereocenters. The highest BCUT2D eigenvalue weighted by Gasteiger charge is 2.37. The Morgan fingerprint density at radius 1 is 1.73 bits per heavy atom. The number of halogens is 1. The number of carbonyl (C=O) groups excluding carboxylic acids is 1. The maximum absolute atomic E-state index is 11.0. The van der Waals surface area contributed by atoms with Crippen LogP contribution in [0, 0.1) is 0 Å². The Morgan fingerprint density at radius 3 is 2.45 bits per heavy atom. The molecule has 62 valence electrons. The highest BCUT2D eigenvalue weighted by Crippen LogP contribution is 2.31. The number of alkyl halides is 1. The van der Waals surface area contributed by atoms with E-state index in [1.807, 2.05) is 19.9 Å². The molecule has 0 fully saturated rings. The first-order chi connectivity index (χ1) is 4.96. The summed E-state index contributed by atoms with van der Waals surface area (Å²) < 4.78 is 5.49. The van der Waals surface area contributed by atoms with Crippen molar-refractivity contribution in [3.05, 3.63) is 11.6 Å². The smallest absolute Gasteiger partial charge is 0.334 e. The van der Waals surface area contributed by atoms with E-state index in [9.17, 15) is 4.79 Å². The first-order valence-electron chi connectivity index (χ1n) is 3.52. The monoisotopic (exact) mass is 266 g/mol. The van der Waals surface area contributed by atoms with E-state index >= 15 is 0 Å². The number of ether oxygens (including phenoxy) is 1. The number of esters is 1. The van der Waals surface area contributed by atoms with Gasteiger partial charge in [0.25, 0.3) is 0 Å². The van der Waals surface area contributed by atoms with Crippen LogP contribution in [0.2, 0.25) is 0 Å². The highest BCUT2D eigenvalue weighted by atomic mass is 127. The van der Waals surface area contributed by atoms with Gasteiger partial charge in [-0.1, -0.05) is 22.6 Å². The second-order valence-corrected chi connectivity index (χ2v) is 4.89. The average molecular weight is 266 g/mol. The molecule has 0 aliphatic carbocycles. The number of hydrogen-bond donors (Lipinski definition) is 0. The summed E-state index contributed by atoms with van der Waals surface area (Å²) in [6.45, 7) is 5.74. The van der Waals surface area contributed by atoms with Gasteiger partial charge in [0.05, 0.1) is 3.92 Å². The molecular formula is C8H11IO2. The Morgan fingerprint density at radius 2 is 2.27 bits per heavy atom. The predicted molar refractivity (Wildman–Crippen MR) is 51.7 cm³/mol. The lowest BCUT2D eigenvalue weighted by atomic mass is 10.0. The molecule has 0 radical (unpaired) electrons. The summed E-state index contributed by atoms with van der Waals surface area (Å²) in [6.07, 6.45) is 1.90. The number of rotatable bonds is 1. The minimum Gasteiger partial charge on any atom is -0.451 e. The summed E-state index contributed by atoms with van der Waals surface area (Å²) >= 11 is 2.26. The summed E-state index contributed by atoms with van der Waals surface area (Å²) in [5.74, 6) is -0.184. The zero-order chi connectivity index (χ0) is 8.65. The van der Waals surface area contributed by atoms with Crippen LogP contribution >= 0.6 is 22.6 Å². The van der Waals surface area contributed by atoms with E-state index in [1.54, 1.807) is 6.92 Å². The summed E-state index contributed by atoms with van der Waals surface area (Å²) in [4.78, 5) is 11.0. The number of carbonyl (C=O) groups is 1. The molecule has 0 amide bonds. The van der Waals surface area contributed by atoms with Crippen molar-refractivity contribution >= 4 is 28.6 Å². The largest absolute Gasteiger partial charge is 0.451 e. The van der Waals surface area contributed by atoms with E-state index in [0.717, 1.165) is 5.57 Å². The van der Waals surface area contributed by atoms with E-state index in [1.165, 1.54) is 0 Å². The molecule has 2 nitrogen and oxygen atoms in total. The van der Waals surface area contributed by atoms with Gasteiger partial charge in [0.1, 0.15) is 5.60 Å². The van der Waals surface area contributed by atoms with Gasteiger partial charge >= 0.3 is 5.97 Å². The van der Waals surface area contributed by atoms with E-state index in [4.69, 9.17) is 4.74 Å². The third-order valence-corrected chi connectivity index (χ3v) is 3.16. The standard InChI is InChI=1S/C8H11IO2/c1-5-4-8(3,6(2)9)11-7(5)10/h4,6H,1-3H3/t6-,8+/m1/s1. The van der Waals surface area contributed by atoms with Crippen molar-refractivity contribution in [3.63, 3.8) is 0 Å². The zero-order valence-corrected chi connectivity index (χ0v) is 9.01. The SMILES string of the molecule is CC1=C[C@@](C)([C@@H](C)I)OC1=O. The van der Waals surface area contributed by atoms with Crippen molar-refractivity contribution in [3.8, 4) is 0 Å². The average Bonchev–Trinajstić information content (AvgIpc) is 2.09. The van der Waals surface area contributed by atoms with Crippen molar-refractivity contribution in [2.45, 2.75) is 30.3 Å². The Labute approximate surface area is 80.1 Å². The fraction of sp³-hybridized carbons (Fsp3) is 0.625. The normalized spacial score (nSPS) is 33.1. The molecule has 11 heavy (non-hydrogen) atoms. The Bertz CT molecular complexity index is 220. The molecule has 0 N–H and O–H groups in total. The van der Waals surface area contributed by atoms with Crippen molar-refractivity contribution in [2.24, 2.45) is 0 Å². The van der Waals surface area contributed by atoms with Crippen molar-refractivity contribution < 1.29 is 9.53 Å². The summed E-state index contributed by atoms with van der Waals surface area (Å²) in [5.41, 5.74) is 0.331. The van der Waals surface area contributed by atoms with Crippen LogP contribution in [0.1, 0.15) is 20.8 Å². The predicted octanol–water partition coefficient (Wildman–Crippen LogP) is 2.07. The van der Waals surface area contributed by atoms with Gasteiger partial charge in [-0.15, -0.1) is 0 Å². The first-order valence-corrected chi connectivity index (χ1v) is 4.77. The summed E-state index contributed by atoms with van der Waals surface area (Å²) in [7, 11) is 0. The molecule has 0 saturated carbocycles. The van der Waals surface area contributed by atoms with Gasteiger partial charge in [0.2, 0.25) is 0 Å². The quantitative estimate of drug-likeness (QED) is 0.412. The highest BCUT2D eigenvalue weighted by molar-refractivity contribution is 14.1. The Hall–Kier alpha value is -0.0600. The Balaban J connectivity index is 2.88. The topological polar surface area (TPSA) is 26.3 Å². The lowest BCUT2D eigenvalue weighted by Gasteiger charge is -2.23. The van der Waals surface area contributed by atoms with Crippen LogP contribution < -0.4 is 0 Å². The third-order valence-electron chi connectivity index (χ3n) is 1.93. The molecule has 0 spiro atoms. The first kappa shape index (κ1) is 9.03. The fourth-order valence-corrected chi connectivity index (χ4v) is 1.30. The van der Waals surface area contributed by atoms with Gasteiger partial charge in [-0.25, -0.2) is 4.79 Å². The van der Waals surface area contributed by atoms with Gasteiger partial charge < -0.3 is 4.74 Å². The number of cyclic esters (lactones) is 1. The number of hydrogen-bond acceptors (Lipinski definition) is 2. The molecule has 1 aliphatic heterocycles. The van der Waals surface area contributed by atoms with E-state index < -0.39 is 0 Å². The third kappa shape index (κ3) is 1.58. The van der Waals surface area contributed by atoms with Crippen molar-refractivity contribution in [2.75, 3.05) is 0 Å². The minimum absolute atomic E-state index is 0.184. The van der Waals surface area contributed by atoms with Crippen LogP contribution in [0.4, 0.5) is 0 Å². The minimum atomic E-state index is -0.387. The van der Waals surface area contributed by atoms with Crippen LogP contribution in [0.25, 0.3) is 0 Å². The molecule has 0 aromatic carbocycles. The molecule has 1 aliphatic rings. The molecule has 0 bridgehead atoms. The maximum atomic E-state index is 11.0. The van der Waals surface area contributed by atoms with Gasteiger partial charge in [-0.3, -0.25) is 0 Å². The van der Waals surface area contributed by atoms with Crippen LogP contribution in [0.3, 0.4) is 0 Å². The summed E-state index contributed by atoms with van der Waals surface area (Å²) in [5, 5.41) is 0. The second kappa shape index (κ2) is 2.77. The molecule has 3 heteroatoms. The van der Waals surface area contributed by atoms with Crippen molar-refractivity contribution in [1.29, 1.82) is 0 Å². The molecule has 0 aromatic heterocycles. The van der Waals surface area contributed by atoms with Gasteiger partial charge in [-0.2, -0.15) is 0 Å². The molecule has 1 heterocycles. The van der Waals surface area contributed by atoms with Crippen LogP contribution in [0.5, 0.6) is 0 Å². The fourth-order valence-electron chi connectivity index (χ4n) is 0.995. The molecule has 0 aromatic rings. The van der Waals surface area contributed by atoms with Crippen LogP contribution in [-0.2, 0) is 9.53 Å². The molecule has 2 atom stereocenters. The Kier molecular flexibility index (Phi) is 2.27. The molecule has 0 saturated heterocycles. The molecular weight excluding hydrogens is 255 g/mol. The van der Waals surface area contributed by atoms with Crippen LogP contribution in [0.15, 0.2) is 11.6 Å². The zero-order valence-electron chi connectivity index (χ0n) is 6.85. The van der Waals surface area contributed by atoms with Gasteiger partial charge in [0.15, 0.2) is 0 Å². The van der Waals surface area contributed by atoms with E-state index in [2.05, 4.69) is 22.6 Å². The maximum Gasteiger partial charge on any atom is 0.334 e. The second-order valence-electron chi connectivity index (χ2n) is 3.02. The lowest BCUT2D eigenvalue weighted by molar-refractivity contribution is -0.144.